The minimum Gasteiger partial charge on any atom is -1.00 e. The molecule has 0 saturated heterocycles. The van der Waals surface area contributed by atoms with Crippen molar-refractivity contribution in [1.29, 1.82) is 0 Å². The van der Waals surface area contributed by atoms with E-state index in [9.17, 15) is 0 Å². The topological polar surface area (TPSA) is 0 Å². The maximum Gasteiger partial charge on any atom is 3.00 e. The van der Waals surface area contributed by atoms with Crippen molar-refractivity contribution in [1.82, 2.24) is 0 Å². The van der Waals surface area contributed by atoms with Crippen molar-refractivity contribution in [3.05, 3.63) is 137 Å². The fraction of sp³-hybridized carbons (Fsp3) is 0.211. The molecule has 0 aromatic heterocycles. The van der Waals surface area contributed by atoms with E-state index in [-0.39, 0.29) is 56.9 Å². The van der Waals surface area contributed by atoms with Gasteiger partial charge in [0.1, 0.15) is 0 Å². The van der Waals surface area contributed by atoms with E-state index in [0.717, 1.165) is 22.4 Å². The van der Waals surface area contributed by atoms with Crippen LogP contribution in [-0.2, 0) is 32.6 Å². The molecule has 0 nitrogen and oxygen atoms in total. The number of hydrogen-bond donors (Lipinski definition) is 0. The molecule has 0 heterocycles. The molecular formula is C38H36Cl2SiZr. The van der Waals surface area contributed by atoms with Crippen molar-refractivity contribution in [2.75, 3.05) is 0 Å². The monoisotopic (exact) mass is 680 g/mol. The van der Waals surface area contributed by atoms with Gasteiger partial charge in [0.05, 0.1) is 0 Å². The number of unbranched alkanes of at least 4 members (excludes halogenated alkanes) is 1. The second-order valence-electron chi connectivity index (χ2n) is 10.8. The molecule has 0 N–H and O–H groups in total. The van der Waals surface area contributed by atoms with Crippen LogP contribution < -0.4 is 24.8 Å². The Morgan fingerprint density at radius 2 is 1.43 bits per heavy atom. The second-order valence-corrected chi connectivity index (χ2v) is 11.9. The van der Waals surface area contributed by atoms with E-state index in [1.165, 1.54) is 73.7 Å². The van der Waals surface area contributed by atoms with Crippen molar-refractivity contribution in [3.8, 4) is 22.3 Å². The van der Waals surface area contributed by atoms with Crippen LogP contribution in [0.5, 0.6) is 0 Å². The van der Waals surface area contributed by atoms with Crippen LogP contribution >= 0.6 is 0 Å². The first-order valence-electron chi connectivity index (χ1n) is 14.4. The Balaban J connectivity index is 0.000000776. The number of halogens is 2. The fourth-order valence-corrected chi connectivity index (χ4v) is 6.47. The van der Waals surface area contributed by atoms with Crippen LogP contribution in [0.15, 0.2) is 103 Å². The van der Waals surface area contributed by atoms with Gasteiger partial charge in [-0.3, -0.25) is 0 Å². The van der Waals surface area contributed by atoms with Gasteiger partial charge >= 0.3 is 26.2 Å². The third kappa shape index (κ3) is 6.34. The zero-order chi connectivity index (χ0) is 26.8. The summed E-state index contributed by atoms with van der Waals surface area (Å²) in [5.41, 5.74) is 14.1. The molecular weight excluding hydrogens is 647 g/mol. The van der Waals surface area contributed by atoms with Gasteiger partial charge in [-0.05, 0) is 63.4 Å². The second kappa shape index (κ2) is 15.5. The number of benzene rings is 5. The van der Waals surface area contributed by atoms with Gasteiger partial charge in [-0.1, -0.05) is 123 Å². The summed E-state index contributed by atoms with van der Waals surface area (Å²) < 4.78 is 0. The van der Waals surface area contributed by atoms with Gasteiger partial charge in [0.25, 0.3) is 0 Å². The maximum absolute atomic E-state index is 3.74. The summed E-state index contributed by atoms with van der Waals surface area (Å²) in [6, 6.07) is 39.4. The summed E-state index contributed by atoms with van der Waals surface area (Å²) in [5, 5.41) is 2.62. The van der Waals surface area contributed by atoms with E-state index < -0.39 is 0 Å². The Morgan fingerprint density at radius 1 is 0.762 bits per heavy atom. The molecule has 5 aromatic carbocycles. The van der Waals surface area contributed by atoms with Gasteiger partial charge in [-0.15, -0.1) is 16.7 Å². The number of rotatable bonds is 5. The van der Waals surface area contributed by atoms with Crippen LogP contribution in [0.1, 0.15) is 59.9 Å². The smallest absolute Gasteiger partial charge is 1.00 e. The maximum atomic E-state index is 3.74. The van der Waals surface area contributed by atoms with E-state index in [4.69, 9.17) is 0 Å². The summed E-state index contributed by atoms with van der Waals surface area (Å²) in [6.07, 6.45) is 7.08. The van der Waals surface area contributed by atoms with E-state index >= 15 is 0 Å². The molecule has 4 heteroatoms. The van der Waals surface area contributed by atoms with Crippen LogP contribution in [0.4, 0.5) is 0 Å². The quantitative estimate of drug-likeness (QED) is 0.190. The molecule has 2 aliphatic rings. The molecule has 42 heavy (non-hydrogen) atoms. The first kappa shape index (κ1) is 34.3. The van der Waals surface area contributed by atoms with Crippen LogP contribution in [0, 0.1) is 6.07 Å². The minimum absolute atomic E-state index is 0. The fourth-order valence-electron chi connectivity index (χ4n) is 6.47. The molecule has 0 saturated carbocycles. The Labute approximate surface area is 285 Å². The summed E-state index contributed by atoms with van der Waals surface area (Å²) in [4.78, 5) is 0. The minimum atomic E-state index is 0. The normalized spacial score (nSPS) is 13.7. The SMILES string of the molecule is CCCCC1=Cc2c(-c3cccc4ccccc34)cccc2C1c1[c-]ccc2c1Cc1ccccc1-2.C[SiH]C.[Cl-].[Cl-].[Zr+3]. The number of allylic oxidation sites excluding steroid dienone is 1. The third-order valence-electron chi connectivity index (χ3n) is 8.15. The zero-order valence-electron chi connectivity index (χ0n) is 24.6. The molecule has 0 aliphatic heterocycles. The van der Waals surface area contributed by atoms with Crippen molar-refractivity contribution in [2.45, 2.75) is 51.6 Å². The molecule has 0 amide bonds. The predicted molar refractivity (Wildman–Crippen MR) is 171 cm³/mol. The number of fused-ring (bicyclic) bond motifs is 5. The summed E-state index contributed by atoms with van der Waals surface area (Å²) in [7, 11) is 0.750. The molecule has 0 bridgehead atoms. The van der Waals surface area contributed by atoms with Crippen molar-refractivity contribution in [3.63, 3.8) is 0 Å². The molecule has 1 unspecified atom stereocenters. The molecule has 1 atom stereocenters. The van der Waals surface area contributed by atoms with Crippen molar-refractivity contribution < 1.29 is 51.0 Å². The summed E-state index contributed by atoms with van der Waals surface area (Å²) in [5.74, 6) is 0.283. The molecule has 2 aliphatic carbocycles. The predicted octanol–water partition coefficient (Wildman–Crippen LogP) is 4.12. The van der Waals surface area contributed by atoms with Gasteiger partial charge in [-0.2, -0.15) is 18.2 Å². The number of hydrogen-bond acceptors (Lipinski definition) is 0. The summed E-state index contributed by atoms with van der Waals surface area (Å²) in [6.45, 7) is 6.71. The standard InChI is InChI=1S/C36H29.C2H7Si.2ClH.Zr/c1-2-3-11-26-23-35-31(29-17-8-14-24-12-4-6-15-27(24)29)19-10-21-33(35)36(26)32-20-9-18-30-28-16-7-5-13-25(28)22-34(30)32;1-3-2;;;/h4-10,12-19,21,23,36H,2-3,11,22H2,1H3;3H,1-2H3;2*1H;/q-1;;;;+3/p-2. The van der Waals surface area contributed by atoms with E-state index in [2.05, 4.69) is 129 Å². The molecule has 7 rings (SSSR count). The van der Waals surface area contributed by atoms with Gasteiger partial charge in [0, 0.05) is 15.4 Å². The first-order chi connectivity index (χ1) is 19.2. The first-order valence-corrected chi connectivity index (χ1v) is 16.7. The van der Waals surface area contributed by atoms with Crippen LogP contribution in [0.2, 0.25) is 13.1 Å². The van der Waals surface area contributed by atoms with Crippen molar-refractivity contribution in [2.24, 2.45) is 0 Å². The van der Waals surface area contributed by atoms with Crippen LogP contribution in [-0.4, -0.2) is 9.52 Å². The van der Waals surface area contributed by atoms with Crippen molar-refractivity contribution >= 4 is 26.4 Å². The van der Waals surface area contributed by atoms with Gasteiger partial charge in [0.15, 0.2) is 0 Å². The molecule has 0 spiro atoms. The Hall–Kier alpha value is -2.22. The van der Waals surface area contributed by atoms with Crippen LogP contribution in [0.3, 0.4) is 0 Å². The average molecular weight is 683 g/mol. The Bertz CT molecular complexity index is 1690. The van der Waals surface area contributed by atoms with Gasteiger partial charge in [0.2, 0.25) is 0 Å². The largest absolute Gasteiger partial charge is 3.00 e. The molecule has 210 valence electrons. The van der Waals surface area contributed by atoms with Crippen LogP contribution in [0.25, 0.3) is 39.1 Å². The van der Waals surface area contributed by atoms with Gasteiger partial charge < -0.3 is 24.8 Å². The van der Waals surface area contributed by atoms with Gasteiger partial charge in [-0.25, -0.2) is 0 Å². The third-order valence-corrected chi connectivity index (χ3v) is 8.15. The molecule has 5 aromatic rings. The molecule has 0 fully saturated rings. The average Bonchev–Trinajstić information content (AvgIpc) is 3.54. The van der Waals surface area contributed by atoms with E-state index in [0.29, 0.717) is 0 Å². The van der Waals surface area contributed by atoms with E-state index in [1.807, 2.05) is 0 Å². The Morgan fingerprint density at radius 3 is 2.24 bits per heavy atom. The molecule has 2 radical (unpaired) electrons. The van der Waals surface area contributed by atoms with E-state index in [1.54, 1.807) is 5.57 Å². The zero-order valence-corrected chi connectivity index (χ0v) is 29.7. The summed E-state index contributed by atoms with van der Waals surface area (Å²) >= 11 is 0. The Kier molecular flexibility index (Phi) is 12.6.